The molecule has 0 aromatic carbocycles. The molecule has 0 bridgehead atoms. The van der Waals surface area contributed by atoms with Crippen molar-refractivity contribution >= 4 is 23.4 Å². The zero-order valence-corrected chi connectivity index (χ0v) is 9.78. The van der Waals surface area contributed by atoms with E-state index in [1.54, 1.807) is 0 Å². The lowest BCUT2D eigenvalue weighted by molar-refractivity contribution is -0.390. The van der Waals surface area contributed by atoms with Gasteiger partial charge in [-0.3, -0.25) is 4.79 Å². The first-order valence-corrected chi connectivity index (χ1v) is 4.92. The summed E-state index contributed by atoms with van der Waals surface area (Å²) >= 11 is 5.62. The highest BCUT2D eigenvalue weighted by Gasteiger charge is 2.27. The number of aromatic nitrogens is 1. The maximum absolute atomic E-state index is 12.5. The third-order valence-corrected chi connectivity index (χ3v) is 2.52. The second kappa shape index (κ2) is 5.67. The summed E-state index contributed by atoms with van der Waals surface area (Å²) in [6.45, 7) is 0. The topological polar surface area (TPSA) is 82.3 Å². The number of ether oxygens (including phenoxy) is 1. The van der Waals surface area contributed by atoms with E-state index in [-0.39, 0.29) is 5.56 Å². The van der Waals surface area contributed by atoms with Crippen LogP contribution in [0.15, 0.2) is 6.20 Å². The van der Waals surface area contributed by atoms with Crippen LogP contribution in [0, 0.1) is 10.1 Å². The summed E-state index contributed by atoms with van der Waals surface area (Å²) < 4.78 is 29.4. The second-order valence-electron chi connectivity index (χ2n) is 3.14. The van der Waals surface area contributed by atoms with Gasteiger partial charge in [-0.05, 0) is 9.91 Å². The number of nitrogens with zero attached hydrogens (tertiary/aromatic N) is 2. The van der Waals surface area contributed by atoms with E-state index in [2.05, 4.69) is 9.72 Å². The minimum atomic E-state index is -2.94. The molecule has 1 heterocycles. The molecule has 0 amide bonds. The van der Waals surface area contributed by atoms with Crippen molar-refractivity contribution in [1.82, 2.24) is 4.98 Å². The molecule has 1 rings (SSSR count). The van der Waals surface area contributed by atoms with Crippen LogP contribution in [0.2, 0.25) is 5.02 Å². The lowest BCUT2D eigenvalue weighted by Gasteiger charge is -2.07. The predicted molar refractivity (Wildman–Crippen MR) is 56.6 cm³/mol. The monoisotopic (exact) mass is 280 g/mol. The number of alkyl halides is 2. The molecule has 0 N–H and O–H groups in total. The molecule has 0 aliphatic rings. The van der Waals surface area contributed by atoms with E-state index in [0.717, 1.165) is 7.11 Å². The first-order chi connectivity index (χ1) is 8.38. The molecule has 0 fully saturated rings. The zero-order valence-electron chi connectivity index (χ0n) is 9.02. The largest absolute Gasteiger partial charge is 0.469 e. The fraction of sp³-hybridized carbons (Fsp3) is 0.333. The van der Waals surface area contributed by atoms with E-state index in [1.807, 2.05) is 0 Å². The standard InChI is InChI=1S/C9H7ClF2N2O4/c1-18-6(15)2-4-7(10)5(8(11)12)3-13-9(4)14(16)17/h3,8H,2H2,1H3. The predicted octanol–water partition coefficient (Wildman–Crippen LogP) is 2.30. The number of rotatable bonds is 4. The Kier molecular flexibility index (Phi) is 4.49. The summed E-state index contributed by atoms with van der Waals surface area (Å²) in [6.07, 6.45) is -2.92. The second-order valence-corrected chi connectivity index (χ2v) is 3.52. The summed E-state index contributed by atoms with van der Waals surface area (Å²) in [4.78, 5) is 24.1. The van der Waals surface area contributed by atoms with Crippen molar-refractivity contribution in [1.29, 1.82) is 0 Å². The molecule has 0 unspecified atom stereocenters. The summed E-state index contributed by atoms with van der Waals surface area (Å²) in [5, 5.41) is 10.1. The van der Waals surface area contributed by atoms with Crippen molar-refractivity contribution in [2.45, 2.75) is 12.8 Å². The Hall–Kier alpha value is -1.83. The van der Waals surface area contributed by atoms with Crippen molar-refractivity contribution in [2.24, 2.45) is 0 Å². The summed E-state index contributed by atoms with van der Waals surface area (Å²) in [5.41, 5.74) is -1.05. The summed E-state index contributed by atoms with van der Waals surface area (Å²) in [5.74, 6) is -1.58. The Morgan fingerprint density at radius 2 is 2.28 bits per heavy atom. The van der Waals surface area contributed by atoms with Crippen LogP contribution in [0.4, 0.5) is 14.6 Å². The fourth-order valence-corrected chi connectivity index (χ4v) is 1.50. The van der Waals surface area contributed by atoms with Crippen molar-refractivity contribution < 1.29 is 23.2 Å². The molecule has 9 heteroatoms. The van der Waals surface area contributed by atoms with Crippen LogP contribution in [-0.4, -0.2) is 23.0 Å². The summed E-state index contributed by atoms with van der Waals surface area (Å²) in [7, 11) is 1.06. The van der Waals surface area contributed by atoms with E-state index < -0.39 is 40.1 Å². The maximum atomic E-state index is 12.5. The van der Waals surface area contributed by atoms with Gasteiger partial charge >= 0.3 is 11.8 Å². The SMILES string of the molecule is COC(=O)Cc1c([N+](=O)[O-])ncc(C(F)F)c1Cl. The van der Waals surface area contributed by atoms with Crippen molar-refractivity contribution in [3.05, 3.63) is 32.5 Å². The highest BCUT2D eigenvalue weighted by molar-refractivity contribution is 6.32. The van der Waals surface area contributed by atoms with Gasteiger partial charge in [0, 0.05) is 0 Å². The van der Waals surface area contributed by atoms with Crippen LogP contribution in [0.25, 0.3) is 0 Å². The third-order valence-electron chi connectivity index (χ3n) is 2.07. The molecular weight excluding hydrogens is 274 g/mol. The molecule has 0 radical (unpaired) electrons. The molecule has 6 nitrogen and oxygen atoms in total. The van der Waals surface area contributed by atoms with Gasteiger partial charge in [-0.25, -0.2) is 8.78 Å². The van der Waals surface area contributed by atoms with Crippen molar-refractivity contribution in [3.63, 3.8) is 0 Å². The first kappa shape index (κ1) is 14.2. The zero-order chi connectivity index (χ0) is 13.9. The Morgan fingerprint density at radius 3 is 2.72 bits per heavy atom. The third kappa shape index (κ3) is 2.89. The van der Waals surface area contributed by atoms with Crippen LogP contribution < -0.4 is 0 Å². The van der Waals surface area contributed by atoms with Gasteiger partial charge in [0.2, 0.25) is 0 Å². The minimum absolute atomic E-state index is 0.383. The van der Waals surface area contributed by atoms with Gasteiger partial charge in [0.05, 0.1) is 29.7 Å². The maximum Gasteiger partial charge on any atom is 0.368 e. The molecular formula is C9H7ClF2N2O4. The molecule has 98 valence electrons. The lowest BCUT2D eigenvalue weighted by atomic mass is 10.1. The Bertz CT molecular complexity index is 496. The van der Waals surface area contributed by atoms with Gasteiger partial charge in [0.15, 0.2) is 6.20 Å². The lowest BCUT2D eigenvalue weighted by Crippen LogP contribution is -2.10. The molecule has 1 aromatic rings. The smallest absolute Gasteiger partial charge is 0.368 e. The highest BCUT2D eigenvalue weighted by Crippen LogP contribution is 2.33. The number of carbonyl (C=O) groups excluding carboxylic acids is 1. The first-order valence-electron chi connectivity index (χ1n) is 4.55. The molecule has 0 atom stereocenters. The normalized spacial score (nSPS) is 10.5. The molecule has 0 aliphatic carbocycles. The van der Waals surface area contributed by atoms with Crippen molar-refractivity contribution in [2.75, 3.05) is 7.11 Å². The molecule has 0 aliphatic heterocycles. The number of hydrogen-bond acceptors (Lipinski definition) is 5. The van der Waals surface area contributed by atoms with Crippen molar-refractivity contribution in [3.8, 4) is 0 Å². The van der Waals surface area contributed by atoms with Gasteiger partial charge in [0.25, 0.3) is 6.43 Å². The molecule has 0 saturated carbocycles. The number of nitro groups is 1. The van der Waals surface area contributed by atoms with Crippen LogP contribution >= 0.6 is 11.6 Å². The average molecular weight is 281 g/mol. The molecule has 1 aromatic heterocycles. The van der Waals surface area contributed by atoms with Crippen LogP contribution in [0.5, 0.6) is 0 Å². The van der Waals surface area contributed by atoms with E-state index in [0.29, 0.717) is 6.20 Å². The van der Waals surface area contributed by atoms with E-state index in [1.165, 1.54) is 0 Å². The number of carbonyl (C=O) groups is 1. The Morgan fingerprint density at radius 1 is 1.67 bits per heavy atom. The van der Waals surface area contributed by atoms with Gasteiger partial charge in [-0.15, -0.1) is 0 Å². The number of methoxy groups -OCH3 is 1. The Balaban J connectivity index is 3.35. The van der Waals surface area contributed by atoms with Gasteiger partial charge in [0.1, 0.15) is 0 Å². The van der Waals surface area contributed by atoms with Gasteiger partial charge in [-0.2, -0.15) is 0 Å². The number of hydrogen-bond donors (Lipinski definition) is 0. The number of esters is 1. The van der Waals surface area contributed by atoms with Crippen LogP contribution in [-0.2, 0) is 16.0 Å². The quantitative estimate of drug-likeness (QED) is 0.480. The number of pyridine rings is 1. The van der Waals surface area contributed by atoms with E-state index in [4.69, 9.17) is 11.6 Å². The number of halogens is 3. The van der Waals surface area contributed by atoms with E-state index >= 15 is 0 Å². The molecule has 18 heavy (non-hydrogen) atoms. The molecule has 0 spiro atoms. The Labute approximate surface area is 105 Å². The minimum Gasteiger partial charge on any atom is -0.469 e. The van der Waals surface area contributed by atoms with Crippen LogP contribution in [0.1, 0.15) is 17.6 Å². The van der Waals surface area contributed by atoms with Crippen LogP contribution in [0.3, 0.4) is 0 Å². The summed E-state index contributed by atoms with van der Waals surface area (Å²) in [6, 6.07) is 0. The van der Waals surface area contributed by atoms with E-state index in [9.17, 15) is 23.7 Å². The highest BCUT2D eigenvalue weighted by atomic mass is 35.5. The fourth-order valence-electron chi connectivity index (χ4n) is 1.22. The van der Waals surface area contributed by atoms with Gasteiger partial charge in [-0.1, -0.05) is 11.6 Å². The van der Waals surface area contributed by atoms with Gasteiger partial charge < -0.3 is 14.9 Å². The molecule has 0 saturated heterocycles. The average Bonchev–Trinajstić information content (AvgIpc) is 2.30.